The van der Waals surface area contributed by atoms with E-state index in [1.165, 1.54) is 13.0 Å². The zero-order valence-corrected chi connectivity index (χ0v) is 17.7. The van der Waals surface area contributed by atoms with Crippen molar-refractivity contribution in [2.45, 2.75) is 50.0 Å². The van der Waals surface area contributed by atoms with Crippen LogP contribution in [0.3, 0.4) is 0 Å². The monoisotopic (exact) mass is 448 g/mol. The van der Waals surface area contributed by atoms with Gasteiger partial charge in [0.2, 0.25) is 0 Å². The van der Waals surface area contributed by atoms with Gasteiger partial charge < -0.3 is 31.1 Å². The molecular weight excluding hydrogens is 416 g/mol. The van der Waals surface area contributed by atoms with Gasteiger partial charge in [0.25, 0.3) is 0 Å². The van der Waals surface area contributed by atoms with Crippen LogP contribution in [0.1, 0.15) is 19.8 Å². The normalized spacial score (nSPS) is 31.1. The first-order valence-corrected chi connectivity index (χ1v) is 10.9. The molecule has 4 aliphatic rings. The molecule has 3 unspecified atom stereocenters. The van der Waals surface area contributed by atoms with Crippen molar-refractivity contribution in [2.24, 2.45) is 0 Å². The van der Waals surface area contributed by atoms with Crippen LogP contribution in [-0.2, 0) is 14.4 Å². The Kier molecular flexibility index (Phi) is 12.6. The molecule has 3 saturated heterocycles. The highest BCUT2D eigenvalue weighted by molar-refractivity contribution is 7.99. The molecule has 0 bridgehead atoms. The SMILES string of the molecule is CC1CCN1.O=C(O)C1C=CCN1.O=C(O)C1CSCN1.O=C(O)[C@H]1C[C@@H](O)CN1. The van der Waals surface area contributed by atoms with Gasteiger partial charge in [0.15, 0.2) is 0 Å². The maximum atomic E-state index is 10.2. The molecule has 5 atom stereocenters. The predicted molar refractivity (Wildman–Crippen MR) is 113 cm³/mol. The number of thioether (sulfide) groups is 1. The summed E-state index contributed by atoms with van der Waals surface area (Å²) in [4.78, 5) is 30.4. The van der Waals surface area contributed by atoms with E-state index < -0.39 is 36.1 Å². The highest BCUT2D eigenvalue weighted by atomic mass is 32.2. The van der Waals surface area contributed by atoms with Crippen LogP contribution >= 0.6 is 11.8 Å². The van der Waals surface area contributed by atoms with Crippen LogP contribution in [-0.4, -0.2) is 99.9 Å². The van der Waals surface area contributed by atoms with Gasteiger partial charge in [-0.3, -0.25) is 25.0 Å². The molecule has 0 radical (unpaired) electrons. The average molecular weight is 449 g/mol. The largest absolute Gasteiger partial charge is 0.480 e. The number of aliphatic hydroxyl groups is 1. The third-order valence-electron chi connectivity index (χ3n) is 4.54. The molecule has 4 aliphatic heterocycles. The predicted octanol–water partition coefficient (Wildman–Crippen LogP) is -1.51. The number of aliphatic hydroxyl groups excluding tert-OH is 1. The number of carboxylic acid groups (broad SMARTS) is 3. The number of β-amino-alcohol motifs (C(OH)–C–C–N with tert-alkyl or cyclic N) is 1. The van der Waals surface area contributed by atoms with Crippen LogP contribution < -0.4 is 21.3 Å². The summed E-state index contributed by atoms with van der Waals surface area (Å²) in [5, 5.41) is 45.2. The highest BCUT2D eigenvalue weighted by Gasteiger charge is 2.27. The quantitative estimate of drug-likeness (QED) is 0.234. The number of hydrogen-bond acceptors (Lipinski definition) is 9. The van der Waals surface area contributed by atoms with E-state index in [-0.39, 0.29) is 6.04 Å². The molecule has 0 aromatic carbocycles. The van der Waals surface area contributed by atoms with E-state index >= 15 is 0 Å². The van der Waals surface area contributed by atoms with Crippen LogP contribution in [0.5, 0.6) is 0 Å². The first kappa shape index (κ1) is 26.3. The van der Waals surface area contributed by atoms with Crippen molar-refractivity contribution in [2.75, 3.05) is 31.3 Å². The second-order valence-electron chi connectivity index (χ2n) is 7.09. The van der Waals surface area contributed by atoms with E-state index in [4.69, 9.17) is 20.4 Å². The van der Waals surface area contributed by atoms with Crippen molar-refractivity contribution in [3.63, 3.8) is 0 Å². The maximum Gasteiger partial charge on any atom is 0.324 e. The molecule has 3 fully saturated rings. The van der Waals surface area contributed by atoms with Crippen LogP contribution in [0.2, 0.25) is 0 Å². The fraction of sp³-hybridized carbons (Fsp3) is 0.722. The molecule has 4 heterocycles. The molecule has 30 heavy (non-hydrogen) atoms. The van der Waals surface area contributed by atoms with Crippen molar-refractivity contribution in [3.05, 3.63) is 12.2 Å². The second kappa shape index (κ2) is 14.3. The summed E-state index contributed by atoms with van der Waals surface area (Å²) in [5.41, 5.74) is 0. The zero-order chi connectivity index (χ0) is 22.5. The summed E-state index contributed by atoms with van der Waals surface area (Å²) in [6, 6.07) is -0.481. The van der Waals surface area contributed by atoms with Crippen molar-refractivity contribution in [3.8, 4) is 0 Å². The molecule has 172 valence electrons. The second-order valence-corrected chi connectivity index (χ2v) is 8.13. The average Bonchev–Trinajstić information content (AvgIpc) is 3.42. The third kappa shape index (κ3) is 10.9. The minimum absolute atomic E-state index is 0.306. The van der Waals surface area contributed by atoms with E-state index in [0.29, 0.717) is 25.3 Å². The lowest BCUT2D eigenvalue weighted by Crippen LogP contribution is -2.39. The summed E-state index contributed by atoms with van der Waals surface area (Å²) in [7, 11) is 0. The van der Waals surface area contributed by atoms with E-state index in [2.05, 4.69) is 28.2 Å². The van der Waals surface area contributed by atoms with Gasteiger partial charge >= 0.3 is 17.9 Å². The summed E-state index contributed by atoms with van der Waals surface area (Å²) in [6.07, 6.45) is 4.67. The Morgan fingerprint density at radius 2 is 1.60 bits per heavy atom. The van der Waals surface area contributed by atoms with E-state index in [1.54, 1.807) is 23.9 Å². The fourth-order valence-corrected chi connectivity index (χ4v) is 3.46. The number of carboxylic acids is 3. The topological polar surface area (TPSA) is 180 Å². The number of carbonyl (C=O) groups is 3. The number of hydrogen-bond donors (Lipinski definition) is 8. The van der Waals surface area contributed by atoms with Gasteiger partial charge in [0, 0.05) is 37.2 Å². The molecular formula is C18H32N4O7S. The Labute approximate surface area is 179 Å². The molecule has 11 nitrogen and oxygen atoms in total. The van der Waals surface area contributed by atoms with Crippen molar-refractivity contribution < 1.29 is 34.8 Å². The van der Waals surface area contributed by atoms with Crippen molar-refractivity contribution >= 4 is 29.7 Å². The van der Waals surface area contributed by atoms with Crippen LogP contribution in [0.25, 0.3) is 0 Å². The Hall–Kier alpha value is -1.70. The molecule has 0 saturated carbocycles. The Bertz CT molecular complexity index is 583. The van der Waals surface area contributed by atoms with Gasteiger partial charge in [0.1, 0.15) is 18.1 Å². The highest BCUT2D eigenvalue weighted by Crippen LogP contribution is 2.08. The summed E-state index contributed by atoms with van der Waals surface area (Å²) < 4.78 is 0. The lowest BCUT2D eigenvalue weighted by atomic mass is 10.1. The summed E-state index contributed by atoms with van der Waals surface area (Å²) in [6.45, 7) is 4.51. The smallest absolute Gasteiger partial charge is 0.324 e. The number of aliphatic carboxylic acids is 3. The van der Waals surface area contributed by atoms with Gasteiger partial charge in [-0.15, -0.1) is 11.8 Å². The zero-order valence-electron chi connectivity index (χ0n) is 16.9. The molecule has 0 amide bonds. The minimum atomic E-state index is -0.883. The van der Waals surface area contributed by atoms with Crippen molar-refractivity contribution in [1.29, 1.82) is 0 Å². The Morgan fingerprint density at radius 3 is 1.80 bits per heavy atom. The maximum absolute atomic E-state index is 10.2. The fourth-order valence-electron chi connectivity index (χ4n) is 2.53. The number of rotatable bonds is 3. The molecule has 0 aliphatic carbocycles. The lowest BCUT2D eigenvalue weighted by Gasteiger charge is -2.22. The van der Waals surface area contributed by atoms with Crippen LogP contribution in [0.4, 0.5) is 0 Å². The van der Waals surface area contributed by atoms with Gasteiger partial charge in [0.05, 0.1) is 6.10 Å². The molecule has 12 heteroatoms. The summed E-state index contributed by atoms with van der Waals surface area (Å²) >= 11 is 1.62. The van der Waals surface area contributed by atoms with Crippen molar-refractivity contribution in [1.82, 2.24) is 21.3 Å². The van der Waals surface area contributed by atoms with Gasteiger partial charge in [-0.05, 0) is 19.9 Å². The summed E-state index contributed by atoms with van der Waals surface area (Å²) in [5.74, 6) is -0.952. The van der Waals surface area contributed by atoms with Gasteiger partial charge in [-0.1, -0.05) is 12.2 Å². The first-order chi connectivity index (χ1) is 14.2. The Morgan fingerprint density at radius 1 is 0.967 bits per heavy atom. The molecule has 0 spiro atoms. The minimum Gasteiger partial charge on any atom is -0.480 e. The molecule has 0 aromatic heterocycles. The third-order valence-corrected chi connectivity index (χ3v) is 5.48. The number of nitrogens with one attached hydrogen (secondary N) is 4. The van der Waals surface area contributed by atoms with E-state index in [1.807, 2.05) is 0 Å². The standard InChI is InChI=1S/C5H9NO3.C5H7NO2.C4H7NO2S.C4H9N/c7-3-1-4(5(8)9)6-2-3;7-5(8)4-2-1-3-6-4;6-4(7)3-1-8-2-5-3;1-4-2-3-5-4/h3-4,6-7H,1-2H2,(H,8,9);1-2,4,6H,3H2,(H,7,8);3,5H,1-2H2,(H,6,7);4-5H,2-3H2,1H3/t3-,4-;;;/m1.../s1. The lowest BCUT2D eigenvalue weighted by molar-refractivity contribution is -0.139. The van der Waals surface area contributed by atoms with Crippen LogP contribution in [0.15, 0.2) is 12.2 Å². The molecule has 0 aromatic rings. The van der Waals surface area contributed by atoms with Gasteiger partial charge in [-0.25, -0.2) is 0 Å². The first-order valence-electron chi connectivity index (χ1n) is 9.75. The van der Waals surface area contributed by atoms with Gasteiger partial charge in [-0.2, -0.15) is 0 Å². The van der Waals surface area contributed by atoms with Crippen LogP contribution in [0, 0.1) is 0 Å². The Balaban J connectivity index is 0.000000203. The molecule has 8 N–H and O–H groups in total. The van der Waals surface area contributed by atoms with E-state index in [9.17, 15) is 14.4 Å². The molecule has 4 rings (SSSR count). The van der Waals surface area contributed by atoms with E-state index in [0.717, 1.165) is 11.9 Å².